The standard InChI is InChI=1S/C38H46N4O4/c1-35(2,44)29-24-36-17-18-38(29,45-3)33-37(36)19-22-42(30(36)23-25-15-16-28(43)32(46-33)31(25)37)21-10-20-39-34(40-26-11-6-4-7-12-26)41-27-13-8-5-9-14-27/h4-9,11-16,29-30,33,43-44H,10,17-24H2,1-3H3,(H2,39,40,41)/t29-,30-,33-,36-,37+,38+/m1/s1. The number of nitrogens with one attached hydrogen (secondary N) is 2. The fourth-order valence-corrected chi connectivity index (χ4v) is 10.5. The molecule has 3 aromatic carbocycles. The summed E-state index contributed by atoms with van der Waals surface area (Å²) >= 11 is 0. The molecule has 6 atom stereocenters. The van der Waals surface area contributed by atoms with Crippen molar-refractivity contribution in [1.29, 1.82) is 0 Å². The number of anilines is 2. The Morgan fingerprint density at radius 2 is 1.70 bits per heavy atom. The molecule has 4 bridgehead atoms. The van der Waals surface area contributed by atoms with Gasteiger partial charge in [-0.1, -0.05) is 42.5 Å². The number of methoxy groups -OCH3 is 1. The Labute approximate surface area is 271 Å². The molecule has 2 heterocycles. The summed E-state index contributed by atoms with van der Waals surface area (Å²) in [4.78, 5) is 7.72. The van der Waals surface area contributed by atoms with E-state index in [2.05, 4.69) is 21.6 Å². The lowest BCUT2D eigenvalue weighted by Crippen LogP contribution is -2.82. The highest BCUT2D eigenvalue weighted by Crippen LogP contribution is 2.77. The Hall–Kier alpha value is -3.59. The monoisotopic (exact) mass is 622 g/mol. The maximum absolute atomic E-state index is 11.6. The number of para-hydroxylation sites is 2. The van der Waals surface area contributed by atoms with Crippen molar-refractivity contribution in [1.82, 2.24) is 4.90 Å². The predicted octanol–water partition coefficient (Wildman–Crippen LogP) is 5.95. The number of phenols is 1. The molecule has 6 aliphatic rings. The van der Waals surface area contributed by atoms with E-state index in [-0.39, 0.29) is 28.6 Å². The molecule has 0 aromatic heterocycles. The van der Waals surface area contributed by atoms with Crippen LogP contribution in [0.4, 0.5) is 11.4 Å². The highest BCUT2D eigenvalue weighted by Gasteiger charge is 2.81. The number of likely N-dealkylation sites (tertiary alicyclic amines) is 1. The molecule has 0 unspecified atom stereocenters. The van der Waals surface area contributed by atoms with Crippen molar-refractivity contribution in [2.24, 2.45) is 16.3 Å². The minimum atomic E-state index is -0.923. The first-order chi connectivity index (χ1) is 22.2. The summed E-state index contributed by atoms with van der Waals surface area (Å²) in [7, 11) is 1.80. The lowest BCUT2D eigenvalue weighted by molar-refractivity contribution is -0.300. The molecule has 8 nitrogen and oxygen atoms in total. The molecule has 0 amide bonds. The number of rotatable bonds is 8. The van der Waals surface area contributed by atoms with Crippen molar-refractivity contribution in [3.8, 4) is 11.5 Å². The molecule has 4 N–H and O–H groups in total. The van der Waals surface area contributed by atoms with Gasteiger partial charge in [-0.05, 0) is 94.8 Å². The largest absolute Gasteiger partial charge is 0.504 e. The summed E-state index contributed by atoms with van der Waals surface area (Å²) in [5.74, 6) is 1.56. The maximum atomic E-state index is 11.6. The Bertz CT molecular complexity index is 1600. The Kier molecular flexibility index (Phi) is 6.94. The van der Waals surface area contributed by atoms with Crippen molar-refractivity contribution in [3.63, 3.8) is 0 Å². The van der Waals surface area contributed by atoms with Crippen LogP contribution >= 0.6 is 0 Å². The second kappa shape index (κ2) is 10.7. The smallest absolute Gasteiger partial charge is 0.200 e. The van der Waals surface area contributed by atoms with Gasteiger partial charge in [0.05, 0.1) is 5.60 Å². The van der Waals surface area contributed by atoms with Crippen molar-refractivity contribution in [2.45, 2.75) is 81.1 Å². The molecule has 8 heteroatoms. The third-order valence-corrected chi connectivity index (χ3v) is 12.3. The van der Waals surface area contributed by atoms with Gasteiger partial charge in [-0.15, -0.1) is 0 Å². The molecule has 2 aliphatic heterocycles. The van der Waals surface area contributed by atoms with Crippen LogP contribution in [0, 0.1) is 11.3 Å². The highest BCUT2D eigenvalue weighted by atomic mass is 16.6. The molecule has 4 aliphatic carbocycles. The number of aliphatic hydroxyl groups is 1. The third kappa shape index (κ3) is 4.19. The first kappa shape index (κ1) is 29.8. The van der Waals surface area contributed by atoms with E-state index in [4.69, 9.17) is 14.5 Å². The van der Waals surface area contributed by atoms with Gasteiger partial charge in [0.25, 0.3) is 0 Å². The zero-order chi connectivity index (χ0) is 31.7. The van der Waals surface area contributed by atoms with E-state index in [1.54, 1.807) is 7.11 Å². The van der Waals surface area contributed by atoms with E-state index in [9.17, 15) is 10.2 Å². The molecule has 4 fully saturated rings. The molecule has 9 rings (SSSR count). The number of aromatic hydroxyl groups is 1. The molecule has 2 spiro atoms. The van der Waals surface area contributed by atoms with Crippen LogP contribution in [0.3, 0.4) is 0 Å². The van der Waals surface area contributed by atoms with E-state index < -0.39 is 11.2 Å². The Balaban J connectivity index is 1.09. The van der Waals surface area contributed by atoms with Gasteiger partial charge in [-0.3, -0.25) is 9.89 Å². The van der Waals surface area contributed by atoms with Crippen LogP contribution in [0.25, 0.3) is 0 Å². The normalized spacial score (nSPS) is 32.0. The van der Waals surface area contributed by atoms with Gasteiger partial charge in [0, 0.05) is 59.9 Å². The second-order valence-corrected chi connectivity index (χ2v) is 14.7. The molecule has 1 saturated heterocycles. The van der Waals surface area contributed by atoms with Gasteiger partial charge < -0.3 is 30.3 Å². The zero-order valence-electron chi connectivity index (χ0n) is 27.1. The fourth-order valence-electron chi connectivity index (χ4n) is 10.5. The van der Waals surface area contributed by atoms with Crippen LogP contribution < -0.4 is 15.4 Å². The van der Waals surface area contributed by atoms with Crippen LogP contribution in [-0.2, 0) is 16.6 Å². The molecule has 242 valence electrons. The zero-order valence-corrected chi connectivity index (χ0v) is 27.1. The second-order valence-electron chi connectivity index (χ2n) is 14.7. The summed E-state index contributed by atoms with van der Waals surface area (Å²) in [6.07, 6.45) is 5.37. The van der Waals surface area contributed by atoms with Gasteiger partial charge in [-0.25, -0.2) is 0 Å². The number of hydrogen-bond acceptors (Lipinski definition) is 6. The first-order valence-electron chi connectivity index (χ1n) is 16.9. The number of benzene rings is 3. The van der Waals surface area contributed by atoms with E-state index in [1.807, 2.05) is 80.6 Å². The number of fused-ring (bicyclic) bond motifs is 2. The van der Waals surface area contributed by atoms with Gasteiger partial charge >= 0.3 is 0 Å². The number of guanidine groups is 1. The minimum absolute atomic E-state index is 0.0644. The third-order valence-electron chi connectivity index (χ3n) is 12.3. The number of aliphatic imine (C=N–C) groups is 1. The average molecular weight is 623 g/mol. The van der Waals surface area contributed by atoms with E-state index in [0.717, 1.165) is 68.9 Å². The van der Waals surface area contributed by atoms with Gasteiger partial charge in [-0.2, -0.15) is 0 Å². The number of hydrogen-bond donors (Lipinski definition) is 4. The van der Waals surface area contributed by atoms with E-state index in [1.165, 1.54) is 11.1 Å². The quantitative estimate of drug-likeness (QED) is 0.140. The molecular formula is C38H46N4O4. The molecule has 3 saturated carbocycles. The van der Waals surface area contributed by atoms with Crippen LogP contribution in [0.1, 0.15) is 57.1 Å². The van der Waals surface area contributed by atoms with Crippen molar-refractivity contribution in [2.75, 3.05) is 37.4 Å². The summed E-state index contributed by atoms with van der Waals surface area (Å²) in [5.41, 5.74) is 2.70. The predicted molar refractivity (Wildman–Crippen MR) is 181 cm³/mol. The molecule has 0 radical (unpaired) electrons. The minimum Gasteiger partial charge on any atom is -0.504 e. The topological polar surface area (TPSA) is 98.6 Å². The highest BCUT2D eigenvalue weighted by molar-refractivity contribution is 6.03. The summed E-state index contributed by atoms with van der Waals surface area (Å²) < 4.78 is 13.4. The van der Waals surface area contributed by atoms with Crippen LogP contribution in [0.5, 0.6) is 11.5 Å². The summed E-state index contributed by atoms with van der Waals surface area (Å²) in [5, 5.41) is 29.6. The van der Waals surface area contributed by atoms with Crippen molar-refractivity contribution >= 4 is 17.3 Å². The summed E-state index contributed by atoms with van der Waals surface area (Å²) in [6.45, 7) is 6.48. The van der Waals surface area contributed by atoms with E-state index >= 15 is 0 Å². The maximum Gasteiger partial charge on any atom is 0.200 e. The Morgan fingerprint density at radius 1 is 1.00 bits per heavy atom. The first-order valence-corrected chi connectivity index (χ1v) is 16.9. The van der Waals surface area contributed by atoms with Crippen LogP contribution in [-0.4, -0.2) is 71.2 Å². The number of piperidine rings is 1. The lowest BCUT2D eigenvalue weighted by atomic mass is 9.34. The lowest BCUT2D eigenvalue weighted by Gasteiger charge is -2.74. The van der Waals surface area contributed by atoms with Gasteiger partial charge in [0.2, 0.25) is 0 Å². The number of nitrogens with zero attached hydrogens (tertiary/aromatic N) is 2. The average Bonchev–Trinajstić information content (AvgIpc) is 3.43. The molecule has 3 aromatic rings. The van der Waals surface area contributed by atoms with Crippen LogP contribution in [0.15, 0.2) is 77.8 Å². The van der Waals surface area contributed by atoms with Crippen LogP contribution in [0.2, 0.25) is 0 Å². The molecular weight excluding hydrogens is 576 g/mol. The van der Waals surface area contributed by atoms with Gasteiger partial charge in [0.15, 0.2) is 17.5 Å². The van der Waals surface area contributed by atoms with Gasteiger partial charge in [0.1, 0.15) is 11.7 Å². The Morgan fingerprint density at radius 3 is 2.35 bits per heavy atom. The van der Waals surface area contributed by atoms with Crippen molar-refractivity contribution in [3.05, 3.63) is 83.9 Å². The van der Waals surface area contributed by atoms with E-state index in [0.29, 0.717) is 18.3 Å². The number of ether oxygens (including phenoxy) is 2. The van der Waals surface area contributed by atoms with Crippen molar-refractivity contribution < 1.29 is 19.7 Å². The summed E-state index contributed by atoms with van der Waals surface area (Å²) in [6, 6.07) is 24.6. The number of phenolic OH excluding ortho intramolecular Hbond substituents is 1. The molecule has 46 heavy (non-hydrogen) atoms. The SMILES string of the molecule is CO[C@@]12CC[C@@]3(C[C@@H]1C(C)(C)O)[C@H]1Cc4ccc(O)c5c4[C@@]3(CCN1CCCN=C(Nc1ccccc1)Nc1ccccc1)[C@H]2O5. The fraction of sp³-hybridized carbons (Fsp3) is 0.500.